The van der Waals surface area contributed by atoms with Gasteiger partial charge in [-0.1, -0.05) is 11.6 Å². The molecule has 1 atom stereocenters. The molecule has 4 rings (SSSR count). The maximum Gasteiger partial charge on any atom is 0.243 e. The summed E-state index contributed by atoms with van der Waals surface area (Å²) in [6, 6.07) is 11.6. The fourth-order valence-electron chi connectivity index (χ4n) is 4.31. The molecular weight excluding hydrogens is 450 g/mol. The molecule has 0 aliphatic carbocycles. The lowest BCUT2D eigenvalue weighted by Gasteiger charge is -2.31. The lowest BCUT2D eigenvalue weighted by Crippen LogP contribution is -2.43. The van der Waals surface area contributed by atoms with E-state index < -0.39 is 15.9 Å². The monoisotopic (exact) mass is 475 g/mol. The zero-order chi connectivity index (χ0) is 22.9. The average molecular weight is 476 g/mol. The molecule has 2 amide bonds. The summed E-state index contributed by atoms with van der Waals surface area (Å²) in [6.45, 7) is 3.14. The predicted molar refractivity (Wildman–Crippen MR) is 124 cm³/mol. The largest absolute Gasteiger partial charge is 0.326 e. The predicted octanol–water partition coefficient (Wildman–Crippen LogP) is 3.81. The van der Waals surface area contributed by atoms with Crippen molar-refractivity contribution in [3.8, 4) is 0 Å². The molecule has 0 radical (unpaired) electrons. The summed E-state index contributed by atoms with van der Waals surface area (Å²) in [4.78, 5) is 26.9. The molecule has 170 valence electrons. The third kappa shape index (κ3) is 4.67. The summed E-state index contributed by atoms with van der Waals surface area (Å²) in [7, 11) is -3.69. The molecule has 32 heavy (non-hydrogen) atoms. The minimum atomic E-state index is -3.69. The summed E-state index contributed by atoms with van der Waals surface area (Å²) in [5.41, 5.74) is 2.41. The number of rotatable bonds is 5. The number of benzene rings is 2. The van der Waals surface area contributed by atoms with E-state index in [4.69, 9.17) is 11.6 Å². The van der Waals surface area contributed by atoms with Crippen LogP contribution >= 0.6 is 11.6 Å². The van der Waals surface area contributed by atoms with Gasteiger partial charge in [0.25, 0.3) is 0 Å². The lowest BCUT2D eigenvalue weighted by molar-refractivity contribution is -0.121. The Balaban J connectivity index is 1.44. The summed E-state index contributed by atoms with van der Waals surface area (Å²) < 4.78 is 27.3. The van der Waals surface area contributed by atoms with Crippen LogP contribution in [0.1, 0.15) is 31.2 Å². The molecule has 7 nitrogen and oxygen atoms in total. The van der Waals surface area contributed by atoms with Crippen LogP contribution in [-0.2, 0) is 19.6 Å². The van der Waals surface area contributed by atoms with Crippen LogP contribution in [0.15, 0.2) is 47.4 Å². The molecule has 1 unspecified atom stereocenters. The standard InChI is InChI=1S/C23H26ClN3O4S/c1-16-14-19(8-11-21(16)27-13-3-5-22(27)28)25-23(29)17-4-2-12-26(15-17)32(30,31)20-9-6-18(24)7-10-20/h6-11,14,17H,2-5,12-13,15H2,1H3,(H,25,29). The molecule has 1 N–H and O–H groups in total. The Morgan fingerprint density at radius 3 is 2.50 bits per heavy atom. The first-order chi connectivity index (χ1) is 15.3. The molecule has 0 spiro atoms. The van der Waals surface area contributed by atoms with Crippen molar-refractivity contribution in [1.29, 1.82) is 0 Å². The van der Waals surface area contributed by atoms with Crippen molar-refractivity contribution >= 4 is 44.8 Å². The summed E-state index contributed by atoms with van der Waals surface area (Å²) in [5.74, 6) is -0.523. The van der Waals surface area contributed by atoms with Crippen LogP contribution < -0.4 is 10.2 Å². The molecule has 2 aromatic rings. The van der Waals surface area contributed by atoms with Crippen molar-refractivity contribution in [2.75, 3.05) is 29.9 Å². The number of sulfonamides is 1. The quantitative estimate of drug-likeness (QED) is 0.712. The van der Waals surface area contributed by atoms with Crippen LogP contribution in [0.25, 0.3) is 0 Å². The third-order valence-corrected chi connectivity index (χ3v) is 8.17. The maximum atomic E-state index is 13.0. The van der Waals surface area contributed by atoms with Crippen molar-refractivity contribution in [1.82, 2.24) is 4.31 Å². The van der Waals surface area contributed by atoms with Crippen LogP contribution in [0.5, 0.6) is 0 Å². The third-order valence-electron chi connectivity index (χ3n) is 6.03. The number of hydrogen-bond donors (Lipinski definition) is 1. The van der Waals surface area contributed by atoms with Crippen molar-refractivity contribution in [2.45, 2.75) is 37.5 Å². The van der Waals surface area contributed by atoms with E-state index in [-0.39, 0.29) is 23.3 Å². The molecule has 9 heteroatoms. The van der Waals surface area contributed by atoms with E-state index in [0.29, 0.717) is 43.1 Å². The molecule has 0 saturated carbocycles. The molecule has 2 fully saturated rings. The van der Waals surface area contributed by atoms with Gasteiger partial charge in [0, 0.05) is 42.5 Å². The number of nitrogens with zero attached hydrogens (tertiary/aromatic N) is 2. The number of aryl methyl sites for hydroxylation is 1. The number of amides is 2. The second-order valence-corrected chi connectivity index (χ2v) is 10.7. The minimum absolute atomic E-state index is 0.120. The fourth-order valence-corrected chi connectivity index (χ4v) is 5.96. The van der Waals surface area contributed by atoms with Crippen LogP contribution in [-0.4, -0.2) is 44.2 Å². The van der Waals surface area contributed by atoms with Gasteiger partial charge in [-0.2, -0.15) is 4.31 Å². The minimum Gasteiger partial charge on any atom is -0.326 e. The van der Waals surface area contributed by atoms with Crippen LogP contribution in [0.4, 0.5) is 11.4 Å². The molecule has 0 aromatic heterocycles. The number of nitrogens with one attached hydrogen (secondary N) is 1. The van der Waals surface area contributed by atoms with E-state index in [2.05, 4.69) is 5.32 Å². The van der Waals surface area contributed by atoms with E-state index in [9.17, 15) is 18.0 Å². The molecule has 0 bridgehead atoms. The molecule has 2 aliphatic heterocycles. The van der Waals surface area contributed by atoms with Crippen LogP contribution in [0.2, 0.25) is 5.02 Å². The first-order valence-electron chi connectivity index (χ1n) is 10.7. The van der Waals surface area contributed by atoms with Gasteiger partial charge in [-0.3, -0.25) is 9.59 Å². The van der Waals surface area contributed by atoms with Gasteiger partial charge >= 0.3 is 0 Å². The average Bonchev–Trinajstić information content (AvgIpc) is 3.20. The van der Waals surface area contributed by atoms with Crippen molar-refractivity contribution < 1.29 is 18.0 Å². The highest BCUT2D eigenvalue weighted by Gasteiger charge is 2.33. The normalized spacial score (nSPS) is 19.9. The second kappa shape index (κ2) is 9.21. The van der Waals surface area contributed by atoms with Crippen molar-refractivity contribution in [2.24, 2.45) is 5.92 Å². The van der Waals surface area contributed by atoms with Crippen molar-refractivity contribution in [3.63, 3.8) is 0 Å². The topological polar surface area (TPSA) is 86.8 Å². The summed E-state index contributed by atoms with van der Waals surface area (Å²) in [6.07, 6.45) is 2.65. The van der Waals surface area contributed by atoms with Gasteiger partial charge in [0.15, 0.2) is 0 Å². The number of carbonyl (C=O) groups is 2. The van der Waals surface area contributed by atoms with E-state index in [1.54, 1.807) is 23.1 Å². The smallest absolute Gasteiger partial charge is 0.243 e. The Bertz CT molecular complexity index is 1130. The van der Waals surface area contributed by atoms with Gasteiger partial charge in [0.05, 0.1) is 10.8 Å². The first kappa shape index (κ1) is 22.8. The van der Waals surface area contributed by atoms with Crippen molar-refractivity contribution in [3.05, 3.63) is 53.1 Å². The molecular formula is C23H26ClN3O4S. The van der Waals surface area contributed by atoms with E-state index in [1.165, 1.54) is 16.4 Å². The first-order valence-corrected chi connectivity index (χ1v) is 12.5. The maximum absolute atomic E-state index is 13.0. The lowest BCUT2D eigenvalue weighted by atomic mass is 9.98. The van der Waals surface area contributed by atoms with Gasteiger partial charge in [0.1, 0.15) is 0 Å². The Morgan fingerprint density at radius 2 is 1.84 bits per heavy atom. The number of anilines is 2. The Labute approximate surface area is 193 Å². The van der Waals surface area contributed by atoms with Gasteiger partial charge in [0.2, 0.25) is 21.8 Å². The fraction of sp³-hybridized carbons (Fsp3) is 0.391. The summed E-state index contributed by atoms with van der Waals surface area (Å²) in [5, 5.41) is 3.39. The number of carbonyl (C=O) groups excluding carboxylic acids is 2. The van der Waals surface area contributed by atoms with Crippen LogP contribution in [0.3, 0.4) is 0 Å². The van der Waals surface area contributed by atoms with Gasteiger partial charge in [-0.15, -0.1) is 0 Å². The highest BCUT2D eigenvalue weighted by atomic mass is 35.5. The van der Waals surface area contributed by atoms with Gasteiger partial charge in [-0.25, -0.2) is 8.42 Å². The molecule has 2 aliphatic rings. The Morgan fingerprint density at radius 1 is 1.09 bits per heavy atom. The number of hydrogen-bond acceptors (Lipinski definition) is 4. The van der Waals surface area contributed by atoms with Gasteiger partial charge in [-0.05, 0) is 74.2 Å². The second-order valence-electron chi connectivity index (χ2n) is 8.30. The highest BCUT2D eigenvalue weighted by Crippen LogP contribution is 2.29. The number of halogens is 1. The van der Waals surface area contributed by atoms with E-state index in [0.717, 1.165) is 17.7 Å². The zero-order valence-corrected chi connectivity index (χ0v) is 19.5. The van der Waals surface area contributed by atoms with E-state index >= 15 is 0 Å². The highest BCUT2D eigenvalue weighted by molar-refractivity contribution is 7.89. The molecule has 2 heterocycles. The SMILES string of the molecule is Cc1cc(NC(=O)C2CCCN(S(=O)(=O)c3ccc(Cl)cc3)C2)ccc1N1CCCC1=O. The molecule has 2 aromatic carbocycles. The van der Waals surface area contributed by atoms with E-state index in [1.807, 2.05) is 19.1 Å². The number of piperidine rings is 1. The van der Waals surface area contributed by atoms with Crippen LogP contribution in [0, 0.1) is 12.8 Å². The Hall–Kier alpha value is -2.42. The molecule has 2 saturated heterocycles. The zero-order valence-electron chi connectivity index (χ0n) is 17.9. The van der Waals surface area contributed by atoms with Gasteiger partial charge < -0.3 is 10.2 Å². The Kier molecular flexibility index (Phi) is 6.55. The summed E-state index contributed by atoms with van der Waals surface area (Å²) >= 11 is 5.87.